The van der Waals surface area contributed by atoms with E-state index < -0.39 is 5.54 Å². The van der Waals surface area contributed by atoms with E-state index in [-0.39, 0.29) is 11.9 Å². The van der Waals surface area contributed by atoms with Crippen molar-refractivity contribution in [2.75, 3.05) is 31.1 Å². The van der Waals surface area contributed by atoms with Gasteiger partial charge in [-0.1, -0.05) is 37.6 Å². The fourth-order valence-corrected chi connectivity index (χ4v) is 5.19. The molecule has 35 heavy (non-hydrogen) atoms. The molecule has 2 atom stereocenters. The molecule has 4 rings (SSSR count). The summed E-state index contributed by atoms with van der Waals surface area (Å²) in [5.74, 6) is 0.782. The third-order valence-electron chi connectivity index (χ3n) is 7.33. The Hall–Kier alpha value is -2.68. The lowest BCUT2D eigenvalue weighted by Crippen LogP contribution is -2.60. The van der Waals surface area contributed by atoms with E-state index in [0.29, 0.717) is 37.0 Å². The summed E-state index contributed by atoms with van der Waals surface area (Å²) in [5.41, 5.74) is 7.64. The highest BCUT2D eigenvalue weighted by molar-refractivity contribution is 6.30. The summed E-state index contributed by atoms with van der Waals surface area (Å²) in [6, 6.07) is 9.88. The number of aromatic amines is 1. The van der Waals surface area contributed by atoms with Crippen LogP contribution in [0.1, 0.15) is 51.6 Å². The number of carbonyl (C=O) groups is 1. The second kappa shape index (κ2) is 10.9. The van der Waals surface area contributed by atoms with Gasteiger partial charge in [-0.05, 0) is 63.0 Å². The van der Waals surface area contributed by atoms with Gasteiger partial charge in [0.2, 0.25) is 5.91 Å². The highest BCUT2D eigenvalue weighted by atomic mass is 35.5. The first-order chi connectivity index (χ1) is 16.8. The molecule has 9 heteroatoms. The summed E-state index contributed by atoms with van der Waals surface area (Å²) < 4.78 is 0. The number of piperidine rings is 1. The van der Waals surface area contributed by atoms with Crippen molar-refractivity contribution in [2.24, 2.45) is 5.73 Å². The minimum atomic E-state index is -0.927. The van der Waals surface area contributed by atoms with Gasteiger partial charge in [0.15, 0.2) is 0 Å². The maximum atomic E-state index is 13.6. The second-order valence-electron chi connectivity index (χ2n) is 9.46. The van der Waals surface area contributed by atoms with Crippen molar-refractivity contribution in [3.63, 3.8) is 0 Å². The van der Waals surface area contributed by atoms with Crippen molar-refractivity contribution in [2.45, 2.75) is 57.7 Å². The van der Waals surface area contributed by atoms with E-state index in [1.54, 1.807) is 6.33 Å². The molecule has 2 aromatic heterocycles. The van der Waals surface area contributed by atoms with E-state index in [4.69, 9.17) is 17.3 Å². The number of benzene rings is 1. The maximum absolute atomic E-state index is 13.6. The van der Waals surface area contributed by atoms with Crippen molar-refractivity contribution in [1.82, 2.24) is 25.2 Å². The number of nitrogens with two attached hydrogens (primary N) is 1. The number of carbonyl (C=O) groups excluding carboxylic acids is 1. The molecular formula is C26H36ClN7O. The molecule has 1 fully saturated rings. The summed E-state index contributed by atoms with van der Waals surface area (Å²) in [7, 11) is 0. The van der Waals surface area contributed by atoms with Crippen LogP contribution >= 0.6 is 11.6 Å². The average molecular weight is 498 g/mol. The Kier molecular flexibility index (Phi) is 7.94. The topological polar surface area (TPSA) is 103 Å². The van der Waals surface area contributed by atoms with Crippen molar-refractivity contribution in [1.29, 1.82) is 0 Å². The van der Waals surface area contributed by atoms with Crippen LogP contribution in [0.5, 0.6) is 0 Å². The van der Waals surface area contributed by atoms with Gasteiger partial charge >= 0.3 is 0 Å². The molecule has 0 saturated carbocycles. The molecule has 8 nitrogen and oxygen atoms in total. The van der Waals surface area contributed by atoms with E-state index in [2.05, 4.69) is 50.8 Å². The summed E-state index contributed by atoms with van der Waals surface area (Å²) in [6.45, 7) is 9.78. The fraction of sp³-hybridized carbons (Fsp3) is 0.500. The number of fused-ring (bicyclic) bond motifs is 1. The number of hydrogen-bond acceptors (Lipinski definition) is 6. The highest BCUT2D eigenvalue weighted by Gasteiger charge is 2.39. The molecule has 0 spiro atoms. The number of hydrogen-bond donors (Lipinski definition) is 3. The molecule has 188 valence electrons. The number of nitrogens with zero attached hydrogens (tertiary/aromatic N) is 4. The quantitative estimate of drug-likeness (QED) is 0.414. The molecule has 1 aromatic carbocycles. The lowest BCUT2D eigenvalue weighted by atomic mass is 9.86. The van der Waals surface area contributed by atoms with Crippen LogP contribution in [0.25, 0.3) is 11.0 Å². The molecule has 0 radical (unpaired) electrons. The summed E-state index contributed by atoms with van der Waals surface area (Å²) >= 11 is 6.13. The first kappa shape index (κ1) is 25.4. The lowest BCUT2D eigenvalue weighted by Gasteiger charge is -2.40. The average Bonchev–Trinajstić information content (AvgIpc) is 3.34. The number of rotatable bonds is 9. The van der Waals surface area contributed by atoms with Crippen LogP contribution in [0, 0.1) is 0 Å². The Balaban J connectivity index is 1.47. The van der Waals surface area contributed by atoms with E-state index in [1.165, 1.54) is 0 Å². The van der Waals surface area contributed by atoms with Crippen LogP contribution in [0.2, 0.25) is 5.02 Å². The van der Waals surface area contributed by atoms with Gasteiger partial charge < -0.3 is 25.8 Å². The third kappa shape index (κ3) is 5.60. The van der Waals surface area contributed by atoms with Gasteiger partial charge in [-0.25, -0.2) is 9.97 Å². The number of amides is 1. The maximum Gasteiger partial charge on any atom is 0.240 e. The first-order valence-electron chi connectivity index (χ1n) is 12.5. The minimum absolute atomic E-state index is 0.0988. The molecule has 3 aromatic rings. The smallest absolute Gasteiger partial charge is 0.240 e. The molecule has 1 aliphatic rings. The Bertz CT molecular complexity index is 1120. The van der Waals surface area contributed by atoms with Gasteiger partial charge in [-0.3, -0.25) is 4.79 Å². The molecule has 0 aliphatic carbocycles. The monoisotopic (exact) mass is 497 g/mol. The number of aromatic nitrogens is 3. The Morgan fingerprint density at radius 3 is 2.54 bits per heavy atom. The van der Waals surface area contributed by atoms with Crippen molar-refractivity contribution in [3.8, 4) is 0 Å². The predicted molar refractivity (Wildman–Crippen MR) is 142 cm³/mol. The second-order valence-corrected chi connectivity index (χ2v) is 9.90. The Labute approximate surface area is 212 Å². The number of nitrogens with one attached hydrogen (secondary N) is 2. The van der Waals surface area contributed by atoms with Crippen molar-refractivity contribution >= 4 is 34.4 Å². The molecule has 4 N–H and O–H groups in total. The highest BCUT2D eigenvalue weighted by Crippen LogP contribution is 2.30. The summed E-state index contributed by atoms with van der Waals surface area (Å²) in [5, 5.41) is 4.96. The normalized spacial score (nSPS) is 17.5. The summed E-state index contributed by atoms with van der Waals surface area (Å²) in [6.07, 6.45) is 5.33. The van der Waals surface area contributed by atoms with Crippen LogP contribution in [-0.4, -0.2) is 63.5 Å². The number of halogens is 1. The standard InChI is InChI=1S/C26H36ClN7O/c1-4-33(5-2)18(3)16-22(19-6-8-20(27)9-7-19)32-25(35)26(28)11-14-34(15-12-26)24-21-10-13-29-23(21)30-17-31-24/h6-10,13,17-18,22H,4-5,11-12,14-16,28H2,1-3H3,(H,32,35)(H,29,30,31)/t18?,22-/m0/s1. The molecule has 3 heterocycles. The van der Waals surface area contributed by atoms with Crippen LogP contribution in [0.15, 0.2) is 42.9 Å². The first-order valence-corrected chi connectivity index (χ1v) is 12.8. The van der Waals surface area contributed by atoms with Crippen molar-refractivity contribution in [3.05, 3.63) is 53.4 Å². The molecule has 1 amide bonds. The molecule has 1 unspecified atom stereocenters. The number of H-pyrrole nitrogens is 1. The van der Waals surface area contributed by atoms with Crippen LogP contribution < -0.4 is 16.0 Å². The molecule has 1 aliphatic heterocycles. The molecule has 1 saturated heterocycles. The molecular weight excluding hydrogens is 462 g/mol. The predicted octanol–water partition coefficient (Wildman–Crippen LogP) is 3.89. The van der Waals surface area contributed by atoms with Crippen LogP contribution in [-0.2, 0) is 4.79 Å². The van der Waals surface area contributed by atoms with Gasteiger partial charge in [0.25, 0.3) is 0 Å². The van der Waals surface area contributed by atoms with E-state index in [1.807, 2.05) is 36.5 Å². The largest absolute Gasteiger partial charge is 0.356 e. The van der Waals surface area contributed by atoms with Crippen LogP contribution in [0.3, 0.4) is 0 Å². The van der Waals surface area contributed by atoms with Crippen LogP contribution in [0.4, 0.5) is 5.82 Å². The Morgan fingerprint density at radius 2 is 1.89 bits per heavy atom. The zero-order valence-electron chi connectivity index (χ0n) is 20.8. The van der Waals surface area contributed by atoms with Gasteiger partial charge in [-0.2, -0.15) is 0 Å². The van der Waals surface area contributed by atoms with Gasteiger partial charge in [0.1, 0.15) is 17.8 Å². The fourth-order valence-electron chi connectivity index (χ4n) is 5.07. The molecule has 0 bridgehead atoms. The third-order valence-corrected chi connectivity index (χ3v) is 7.58. The van der Waals surface area contributed by atoms with E-state index in [9.17, 15) is 4.79 Å². The zero-order chi connectivity index (χ0) is 25.0. The zero-order valence-corrected chi connectivity index (χ0v) is 21.6. The summed E-state index contributed by atoms with van der Waals surface area (Å²) in [4.78, 5) is 30.0. The van der Waals surface area contributed by atoms with Gasteiger partial charge in [0, 0.05) is 30.4 Å². The minimum Gasteiger partial charge on any atom is -0.356 e. The van der Waals surface area contributed by atoms with Gasteiger partial charge in [0.05, 0.1) is 17.0 Å². The Morgan fingerprint density at radius 1 is 1.20 bits per heavy atom. The van der Waals surface area contributed by atoms with Crippen molar-refractivity contribution < 1.29 is 4.79 Å². The van der Waals surface area contributed by atoms with E-state index in [0.717, 1.165) is 41.9 Å². The lowest BCUT2D eigenvalue weighted by molar-refractivity contribution is -0.128. The van der Waals surface area contributed by atoms with E-state index >= 15 is 0 Å². The number of anilines is 1. The van der Waals surface area contributed by atoms with Gasteiger partial charge in [-0.15, -0.1) is 0 Å². The SMILES string of the molecule is CCN(CC)C(C)C[C@H](NC(=O)C1(N)CCN(c2ncnc3[nH]ccc23)CC1)c1ccc(Cl)cc1.